The minimum absolute atomic E-state index is 0.135. The molecule has 0 radical (unpaired) electrons. The van der Waals surface area contributed by atoms with Crippen LogP contribution in [0.4, 0.5) is 4.39 Å². The van der Waals surface area contributed by atoms with Crippen molar-refractivity contribution in [3.8, 4) is 0 Å². The van der Waals surface area contributed by atoms with Gasteiger partial charge in [0, 0.05) is 28.4 Å². The van der Waals surface area contributed by atoms with Gasteiger partial charge >= 0.3 is 0 Å². The first-order valence-electron chi connectivity index (χ1n) is 11.5. The van der Waals surface area contributed by atoms with Crippen molar-refractivity contribution in [2.24, 2.45) is 0 Å². The van der Waals surface area contributed by atoms with E-state index in [4.69, 9.17) is 0 Å². The van der Waals surface area contributed by atoms with Crippen molar-refractivity contribution in [2.75, 3.05) is 6.54 Å². The maximum Gasteiger partial charge on any atom is 0.291 e. The number of carbonyl (C=O) groups is 1. The molecular formula is C28H25FN4O2. The first kappa shape index (κ1) is 22.5. The molecule has 0 aliphatic heterocycles. The lowest BCUT2D eigenvalue weighted by molar-refractivity contribution is -0.121. The Morgan fingerprint density at radius 3 is 2.49 bits per heavy atom. The normalized spacial score (nSPS) is 12.2. The third-order valence-corrected chi connectivity index (χ3v) is 6.33. The van der Waals surface area contributed by atoms with E-state index in [1.54, 1.807) is 29.0 Å². The molecule has 0 aliphatic carbocycles. The van der Waals surface area contributed by atoms with Crippen LogP contribution in [0.1, 0.15) is 24.0 Å². The molecule has 176 valence electrons. The topological polar surface area (TPSA) is 68.9 Å². The largest absolute Gasteiger partial charge is 0.354 e. The van der Waals surface area contributed by atoms with Gasteiger partial charge in [0.15, 0.2) is 0 Å². The molecule has 0 aliphatic rings. The summed E-state index contributed by atoms with van der Waals surface area (Å²) in [6, 6.07) is 24.0. The Bertz CT molecular complexity index is 1570. The molecule has 0 saturated carbocycles. The number of fused-ring (bicyclic) bond motifs is 3. The van der Waals surface area contributed by atoms with Gasteiger partial charge in [0.25, 0.3) is 5.56 Å². The highest BCUT2D eigenvalue weighted by Crippen LogP contribution is 2.27. The molecule has 5 rings (SSSR count). The summed E-state index contributed by atoms with van der Waals surface area (Å²) in [4.78, 5) is 26.2. The van der Waals surface area contributed by atoms with Crippen LogP contribution in [0.3, 0.4) is 0 Å². The number of carbonyl (C=O) groups excluding carboxylic acids is 1. The van der Waals surface area contributed by atoms with Crippen molar-refractivity contribution in [3.63, 3.8) is 0 Å². The molecule has 35 heavy (non-hydrogen) atoms. The van der Waals surface area contributed by atoms with Gasteiger partial charge in [-0.05, 0) is 23.6 Å². The van der Waals surface area contributed by atoms with E-state index < -0.39 is 0 Å². The maximum atomic E-state index is 14.4. The van der Waals surface area contributed by atoms with Gasteiger partial charge < -0.3 is 9.88 Å². The van der Waals surface area contributed by atoms with E-state index in [1.165, 1.54) is 10.7 Å². The highest BCUT2D eigenvalue weighted by atomic mass is 19.1. The van der Waals surface area contributed by atoms with Gasteiger partial charge in [0.05, 0.1) is 12.7 Å². The molecule has 3 aromatic carbocycles. The number of amides is 1. The molecule has 0 unspecified atom stereocenters. The van der Waals surface area contributed by atoms with Crippen molar-refractivity contribution in [2.45, 2.75) is 25.9 Å². The fourth-order valence-electron chi connectivity index (χ4n) is 4.43. The molecule has 7 heteroatoms. The predicted octanol–water partition coefficient (Wildman–Crippen LogP) is 4.46. The van der Waals surface area contributed by atoms with Crippen molar-refractivity contribution < 1.29 is 9.18 Å². The van der Waals surface area contributed by atoms with Crippen LogP contribution in [-0.4, -0.2) is 26.8 Å². The quantitative estimate of drug-likeness (QED) is 0.384. The van der Waals surface area contributed by atoms with E-state index in [1.807, 2.05) is 61.5 Å². The Morgan fingerprint density at radius 1 is 0.971 bits per heavy atom. The summed E-state index contributed by atoms with van der Waals surface area (Å²) in [6.07, 6.45) is 1.61. The number of hydrogen-bond acceptors (Lipinski definition) is 3. The van der Waals surface area contributed by atoms with Crippen molar-refractivity contribution >= 4 is 27.7 Å². The zero-order chi connectivity index (χ0) is 24.4. The van der Waals surface area contributed by atoms with Gasteiger partial charge in [-0.15, -0.1) is 0 Å². The Balaban J connectivity index is 1.46. The molecule has 1 N–H and O–H groups in total. The number of hydrogen-bond donors (Lipinski definition) is 1. The number of halogens is 1. The van der Waals surface area contributed by atoms with Gasteiger partial charge in [-0.25, -0.2) is 9.07 Å². The van der Waals surface area contributed by atoms with Gasteiger partial charge in [0.1, 0.15) is 17.9 Å². The van der Waals surface area contributed by atoms with Crippen LogP contribution in [0.25, 0.3) is 21.8 Å². The number of benzene rings is 3. The average Bonchev–Trinajstić information content (AvgIpc) is 3.20. The smallest absolute Gasteiger partial charge is 0.291 e. The molecule has 0 bridgehead atoms. The molecule has 6 nitrogen and oxygen atoms in total. The Hall–Kier alpha value is -4.26. The number of rotatable bonds is 7. The standard InChI is InChI=1S/C28H25FN4O2/c1-19(20-9-3-2-4-10-20)15-30-26(34)18-33-28(35)27-23(16-31-33)22-12-6-8-14-25(22)32(27)17-21-11-5-7-13-24(21)29/h2-14,16,19H,15,17-18H2,1H3,(H,30,34)/t19-/m1/s1. The lowest BCUT2D eigenvalue weighted by Crippen LogP contribution is -2.35. The average molecular weight is 469 g/mol. The van der Waals surface area contributed by atoms with Crippen LogP contribution in [0.15, 0.2) is 89.9 Å². The van der Waals surface area contributed by atoms with Crippen LogP contribution < -0.4 is 10.9 Å². The molecule has 0 spiro atoms. The second-order valence-corrected chi connectivity index (χ2v) is 8.68. The third kappa shape index (κ3) is 4.45. The molecule has 1 amide bonds. The fraction of sp³-hybridized carbons (Fsp3) is 0.179. The van der Waals surface area contributed by atoms with E-state index in [0.29, 0.717) is 23.0 Å². The van der Waals surface area contributed by atoms with Crippen LogP contribution in [0, 0.1) is 5.82 Å². The molecule has 5 aromatic rings. The molecule has 0 saturated heterocycles. The summed E-state index contributed by atoms with van der Waals surface area (Å²) in [6.45, 7) is 2.48. The molecule has 2 aromatic heterocycles. The zero-order valence-electron chi connectivity index (χ0n) is 19.3. The number of nitrogens with one attached hydrogen (secondary N) is 1. The van der Waals surface area contributed by atoms with Crippen molar-refractivity contribution in [1.82, 2.24) is 19.7 Å². The Labute approximate surface area is 201 Å². The lowest BCUT2D eigenvalue weighted by atomic mass is 10.0. The van der Waals surface area contributed by atoms with E-state index in [9.17, 15) is 14.0 Å². The Morgan fingerprint density at radius 2 is 1.69 bits per heavy atom. The van der Waals surface area contributed by atoms with Crippen LogP contribution in [0.2, 0.25) is 0 Å². The van der Waals surface area contributed by atoms with Gasteiger partial charge in [-0.3, -0.25) is 9.59 Å². The van der Waals surface area contributed by atoms with Crippen LogP contribution in [-0.2, 0) is 17.9 Å². The summed E-state index contributed by atoms with van der Waals surface area (Å²) in [5, 5.41) is 8.71. The summed E-state index contributed by atoms with van der Waals surface area (Å²) >= 11 is 0. The SMILES string of the molecule is C[C@H](CNC(=O)Cn1ncc2c3ccccc3n(Cc3ccccc3F)c2c1=O)c1ccccc1. The van der Waals surface area contributed by atoms with E-state index in [0.717, 1.165) is 16.5 Å². The molecule has 0 fully saturated rings. The monoisotopic (exact) mass is 468 g/mol. The summed E-state index contributed by atoms with van der Waals surface area (Å²) in [5.74, 6) is -0.492. The predicted molar refractivity (Wildman–Crippen MR) is 135 cm³/mol. The maximum absolute atomic E-state index is 14.4. The highest BCUT2D eigenvalue weighted by molar-refractivity contribution is 6.07. The molecule has 2 heterocycles. The summed E-state index contributed by atoms with van der Waals surface area (Å²) in [5.41, 5.74) is 2.42. The first-order chi connectivity index (χ1) is 17.0. The number of aromatic nitrogens is 3. The Kier molecular flexibility index (Phi) is 6.14. The third-order valence-electron chi connectivity index (χ3n) is 6.33. The zero-order valence-corrected chi connectivity index (χ0v) is 19.3. The highest BCUT2D eigenvalue weighted by Gasteiger charge is 2.18. The lowest BCUT2D eigenvalue weighted by Gasteiger charge is -2.13. The van der Waals surface area contributed by atoms with Crippen molar-refractivity contribution in [1.29, 1.82) is 0 Å². The second kappa shape index (κ2) is 9.54. The first-order valence-corrected chi connectivity index (χ1v) is 11.5. The van der Waals surface area contributed by atoms with Crippen LogP contribution in [0.5, 0.6) is 0 Å². The molecular weight excluding hydrogens is 443 g/mol. The van der Waals surface area contributed by atoms with Gasteiger partial charge in [0.2, 0.25) is 5.91 Å². The van der Waals surface area contributed by atoms with Gasteiger partial charge in [-0.2, -0.15) is 5.10 Å². The summed E-state index contributed by atoms with van der Waals surface area (Å²) in [7, 11) is 0. The second-order valence-electron chi connectivity index (χ2n) is 8.68. The van der Waals surface area contributed by atoms with E-state index in [-0.39, 0.29) is 36.3 Å². The minimum atomic E-state index is -0.388. The fourth-order valence-corrected chi connectivity index (χ4v) is 4.43. The van der Waals surface area contributed by atoms with E-state index >= 15 is 0 Å². The molecule has 1 atom stereocenters. The summed E-state index contributed by atoms with van der Waals surface area (Å²) < 4.78 is 17.4. The van der Waals surface area contributed by atoms with Crippen LogP contribution >= 0.6 is 0 Å². The van der Waals surface area contributed by atoms with Crippen molar-refractivity contribution in [3.05, 3.63) is 112 Å². The van der Waals surface area contributed by atoms with Gasteiger partial charge in [-0.1, -0.05) is 73.7 Å². The minimum Gasteiger partial charge on any atom is -0.354 e. The number of para-hydroxylation sites is 1. The number of nitrogens with zero attached hydrogens (tertiary/aromatic N) is 3. The van der Waals surface area contributed by atoms with E-state index in [2.05, 4.69) is 10.4 Å².